The Morgan fingerprint density at radius 2 is 1.77 bits per heavy atom. The number of rotatable bonds is 5. The molecule has 1 aliphatic heterocycles. The van der Waals surface area contributed by atoms with Gasteiger partial charge in [-0.1, -0.05) is 12.1 Å². The van der Waals surface area contributed by atoms with E-state index in [1.807, 2.05) is 0 Å². The van der Waals surface area contributed by atoms with Crippen LogP contribution in [-0.4, -0.2) is 37.0 Å². The van der Waals surface area contributed by atoms with Gasteiger partial charge in [-0.2, -0.15) is 0 Å². The van der Waals surface area contributed by atoms with Gasteiger partial charge >= 0.3 is 5.97 Å². The number of benzene rings is 2. The fraction of sp³-hybridized carbons (Fsp3) is 0.211. The van der Waals surface area contributed by atoms with Gasteiger partial charge in [-0.25, -0.2) is 4.79 Å². The third-order valence-corrected chi connectivity index (χ3v) is 3.69. The molecule has 0 fully saturated rings. The van der Waals surface area contributed by atoms with Crippen LogP contribution in [-0.2, 0) is 14.3 Å². The molecule has 26 heavy (non-hydrogen) atoms. The maximum atomic E-state index is 12.0. The van der Waals surface area contributed by atoms with Gasteiger partial charge in [-0.3, -0.25) is 9.59 Å². The van der Waals surface area contributed by atoms with Crippen LogP contribution in [0, 0.1) is 0 Å². The molecular formula is C19H17NO6. The van der Waals surface area contributed by atoms with Crippen LogP contribution in [0.5, 0.6) is 11.5 Å². The summed E-state index contributed by atoms with van der Waals surface area (Å²) < 4.78 is 15.9. The average Bonchev–Trinajstić information content (AvgIpc) is 2.66. The molecule has 1 N–H and O–H groups in total. The van der Waals surface area contributed by atoms with Crippen molar-refractivity contribution in [2.45, 2.75) is 13.0 Å². The second kappa shape index (κ2) is 7.69. The van der Waals surface area contributed by atoms with Gasteiger partial charge in [-0.15, -0.1) is 0 Å². The highest BCUT2D eigenvalue weighted by Gasteiger charge is 2.29. The third-order valence-electron chi connectivity index (χ3n) is 3.69. The number of ether oxygens (including phenoxy) is 3. The van der Waals surface area contributed by atoms with Gasteiger partial charge in [0.15, 0.2) is 23.9 Å². The van der Waals surface area contributed by atoms with Crippen molar-refractivity contribution >= 4 is 23.3 Å². The first-order valence-electron chi connectivity index (χ1n) is 7.99. The highest BCUT2D eigenvalue weighted by Crippen LogP contribution is 2.31. The Labute approximate surface area is 149 Å². The van der Waals surface area contributed by atoms with E-state index in [2.05, 4.69) is 5.32 Å². The molecule has 2 aromatic carbocycles. The molecule has 1 amide bonds. The summed E-state index contributed by atoms with van der Waals surface area (Å²) in [4.78, 5) is 35.1. The molecule has 0 radical (unpaired) electrons. The molecule has 0 saturated heterocycles. The summed E-state index contributed by atoms with van der Waals surface area (Å²) in [5.74, 6) is -0.222. The van der Waals surface area contributed by atoms with Gasteiger partial charge in [0.1, 0.15) is 6.61 Å². The number of hydrogen-bond donors (Lipinski definition) is 1. The van der Waals surface area contributed by atoms with Gasteiger partial charge in [0, 0.05) is 11.3 Å². The van der Waals surface area contributed by atoms with Gasteiger partial charge in [0.2, 0.25) is 6.10 Å². The van der Waals surface area contributed by atoms with Gasteiger partial charge in [0.25, 0.3) is 5.91 Å². The summed E-state index contributed by atoms with van der Waals surface area (Å²) in [6.45, 7) is 1.03. The number of carbonyl (C=O) groups excluding carboxylic acids is 3. The Balaban J connectivity index is 1.48. The molecule has 0 spiro atoms. The van der Waals surface area contributed by atoms with E-state index < -0.39 is 24.6 Å². The van der Waals surface area contributed by atoms with Crippen LogP contribution in [0.3, 0.4) is 0 Å². The molecule has 7 heteroatoms. The summed E-state index contributed by atoms with van der Waals surface area (Å²) in [5.41, 5.74) is 1.05. The summed E-state index contributed by atoms with van der Waals surface area (Å²) in [6.07, 6.45) is -0.924. The lowest BCUT2D eigenvalue weighted by atomic mass is 10.1. The molecule has 0 bridgehead atoms. The lowest BCUT2D eigenvalue weighted by Crippen LogP contribution is -2.39. The summed E-state index contributed by atoms with van der Waals surface area (Å²) in [5, 5.41) is 2.58. The van der Waals surface area contributed by atoms with E-state index in [9.17, 15) is 14.4 Å². The zero-order valence-corrected chi connectivity index (χ0v) is 14.1. The van der Waals surface area contributed by atoms with Crippen LogP contribution in [0.1, 0.15) is 17.3 Å². The number of nitrogens with one attached hydrogen (secondary N) is 1. The minimum atomic E-state index is -0.924. The maximum Gasteiger partial charge on any atom is 0.351 e. The second-order valence-electron chi connectivity index (χ2n) is 5.65. The highest BCUT2D eigenvalue weighted by molar-refractivity contribution is 5.96. The maximum absolute atomic E-state index is 12.0. The van der Waals surface area contributed by atoms with Crippen LogP contribution in [0.15, 0.2) is 48.5 Å². The van der Waals surface area contributed by atoms with E-state index >= 15 is 0 Å². The monoisotopic (exact) mass is 355 g/mol. The van der Waals surface area contributed by atoms with Gasteiger partial charge < -0.3 is 19.5 Å². The lowest BCUT2D eigenvalue weighted by molar-refractivity contribution is -0.156. The van der Waals surface area contributed by atoms with E-state index in [0.29, 0.717) is 22.7 Å². The fourth-order valence-corrected chi connectivity index (χ4v) is 2.35. The second-order valence-corrected chi connectivity index (χ2v) is 5.65. The van der Waals surface area contributed by atoms with Crippen molar-refractivity contribution < 1.29 is 28.6 Å². The first-order valence-corrected chi connectivity index (χ1v) is 7.99. The van der Waals surface area contributed by atoms with Crippen molar-refractivity contribution in [2.24, 2.45) is 0 Å². The minimum absolute atomic E-state index is 0.0178. The molecule has 7 nitrogen and oxygen atoms in total. The van der Waals surface area contributed by atoms with Crippen molar-refractivity contribution in [3.63, 3.8) is 0 Å². The van der Waals surface area contributed by atoms with Crippen molar-refractivity contribution in [3.05, 3.63) is 54.1 Å². The number of esters is 1. The topological polar surface area (TPSA) is 90.9 Å². The van der Waals surface area contributed by atoms with Gasteiger partial charge in [0.05, 0.1) is 0 Å². The minimum Gasteiger partial charge on any atom is -0.485 e. The fourth-order valence-electron chi connectivity index (χ4n) is 2.35. The number of hydrogen-bond acceptors (Lipinski definition) is 6. The molecule has 3 rings (SSSR count). The van der Waals surface area contributed by atoms with E-state index in [-0.39, 0.29) is 12.4 Å². The third kappa shape index (κ3) is 4.18. The number of para-hydroxylation sites is 2. The average molecular weight is 355 g/mol. The largest absolute Gasteiger partial charge is 0.485 e. The predicted octanol–water partition coefficient (Wildman–Crippen LogP) is 2.21. The molecule has 1 heterocycles. The number of fused-ring (bicyclic) bond motifs is 1. The molecule has 0 aromatic heterocycles. The SMILES string of the molecule is CC(=O)c1ccc(NC(=O)COC(=O)[C@@H]2COc3ccccc3O2)cc1. The Hall–Kier alpha value is -3.35. The standard InChI is InChI=1S/C19H17NO6/c1-12(21)13-6-8-14(9-7-13)20-18(22)11-25-19(23)17-10-24-15-4-2-3-5-16(15)26-17/h2-9,17H,10-11H2,1H3,(H,20,22)/t17-/m0/s1. The lowest BCUT2D eigenvalue weighted by Gasteiger charge is -2.24. The summed E-state index contributed by atoms with van der Waals surface area (Å²) in [7, 11) is 0. The number of Topliss-reactive ketones (excluding diaryl/α,β-unsaturated/α-hetero) is 1. The molecule has 0 aliphatic carbocycles. The smallest absolute Gasteiger partial charge is 0.351 e. The first kappa shape index (κ1) is 17.5. The Bertz CT molecular complexity index is 830. The molecule has 2 aromatic rings. The quantitative estimate of drug-likeness (QED) is 0.653. The molecular weight excluding hydrogens is 338 g/mol. The molecule has 0 unspecified atom stereocenters. The zero-order valence-electron chi connectivity index (χ0n) is 14.1. The summed E-state index contributed by atoms with van der Waals surface area (Å²) in [6, 6.07) is 13.4. The van der Waals surface area contributed by atoms with Crippen LogP contribution >= 0.6 is 0 Å². The normalized spacial score (nSPS) is 15.0. The van der Waals surface area contributed by atoms with Crippen molar-refractivity contribution in [1.82, 2.24) is 0 Å². The molecule has 134 valence electrons. The molecule has 1 atom stereocenters. The first-order chi connectivity index (χ1) is 12.5. The van der Waals surface area contributed by atoms with Crippen molar-refractivity contribution in [2.75, 3.05) is 18.5 Å². The van der Waals surface area contributed by atoms with Gasteiger partial charge in [-0.05, 0) is 43.3 Å². The van der Waals surface area contributed by atoms with E-state index in [1.165, 1.54) is 6.92 Å². The number of ketones is 1. The van der Waals surface area contributed by atoms with Crippen molar-refractivity contribution in [3.8, 4) is 11.5 Å². The van der Waals surface area contributed by atoms with Crippen LogP contribution < -0.4 is 14.8 Å². The number of amides is 1. The van der Waals surface area contributed by atoms with Crippen LogP contribution in [0.25, 0.3) is 0 Å². The zero-order chi connectivity index (χ0) is 18.5. The van der Waals surface area contributed by atoms with E-state index in [0.717, 1.165) is 0 Å². The van der Waals surface area contributed by atoms with E-state index in [4.69, 9.17) is 14.2 Å². The number of carbonyl (C=O) groups is 3. The predicted molar refractivity (Wildman–Crippen MR) is 92.4 cm³/mol. The van der Waals surface area contributed by atoms with Crippen LogP contribution in [0.2, 0.25) is 0 Å². The Kier molecular flexibility index (Phi) is 5.17. The number of anilines is 1. The summed E-state index contributed by atoms with van der Waals surface area (Å²) >= 11 is 0. The Morgan fingerprint density at radius 1 is 1.08 bits per heavy atom. The van der Waals surface area contributed by atoms with Crippen LogP contribution in [0.4, 0.5) is 5.69 Å². The highest BCUT2D eigenvalue weighted by atomic mass is 16.6. The Morgan fingerprint density at radius 3 is 2.46 bits per heavy atom. The van der Waals surface area contributed by atoms with E-state index in [1.54, 1.807) is 48.5 Å². The molecule has 1 aliphatic rings. The van der Waals surface area contributed by atoms with Crippen molar-refractivity contribution in [1.29, 1.82) is 0 Å². The molecule has 0 saturated carbocycles.